The zero-order chi connectivity index (χ0) is 20.4. The first-order valence-electron chi connectivity index (χ1n) is 9.90. The highest BCUT2D eigenvalue weighted by molar-refractivity contribution is 6.57. The van der Waals surface area contributed by atoms with Crippen LogP contribution in [0.3, 0.4) is 0 Å². The smallest absolute Gasteiger partial charge is 0.422 e. The molecule has 1 aliphatic heterocycles. The summed E-state index contributed by atoms with van der Waals surface area (Å²) in [5, 5.41) is 20.1. The molecule has 4 rings (SSSR count). The molecule has 0 unspecified atom stereocenters. The third-order valence-electron chi connectivity index (χ3n) is 5.72. The van der Waals surface area contributed by atoms with Gasteiger partial charge in [0.25, 0.3) is 5.91 Å². The summed E-state index contributed by atoms with van der Waals surface area (Å²) >= 11 is 0. The molecule has 0 atom stereocenters. The maximum absolute atomic E-state index is 13.2. The second-order valence-corrected chi connectivity index (χ2v) is 7.53. The monoisotopic (exact) mass is 389 g/mol. The summed E-state index contributed by atoms with van der Waals surface area (Å²) < 4.78 is 0. The van der Waals surface area contributed by atoms with Crippen LogP contribution in [0.5, 0.6) is 0 Å². The van der Waals surface area contributed by atoms with E-state index >= 15 is 0 Å². The van der Waals surface area contributed by atoms with Crippen LogP contribution in [0, 0.1) is 0 Å². The number of benzene rings is 2. The van der Waals surface area contributed by atoms with Crippen molar-refractivity contribution in [3.8, 4) is 0 Å². The van der Waals surface area contributed by atoms with Crippen LogP contribution in [0.2, 0.25) is 0 Å². The lowest BCUT2D eigenvalue weighted by Crippen LogP contribution is -2.38. The fourth-order valence-corrected chi connectivity index (χ4v) is 4.08. The van der Waals surface area contributed by atoms with Crippen molar-refractivity contribution in [2.45, 2.75) is 25.3 Å². The van der Waals surface area contributed by atoms with Gasteiger partial charge in [-0.05, 0) is 47.4 Å². The molecule has 4 N–H and O–H groups in total. The average molecular weight is 389 g/mol. The third-order valence-corrected chi connectivity index (χ3v) is 5.72. The minimum Gasteiger partial charge on any atom is -0.422 e. The first-order chi connectivity index (χ1) is 14.1. The fourth-order valence-electron chi connectivity index (χ4n) is 4.08. The van der Waals surface area contributed by atoms with Gasteiger partial charge in [0.2, 0.25) is 0 Å². The molecule has 0 bridgehead atoms. The molecular weight excluding hydrogens is 365 g/mol. The van der Waals surface area contributed by atoms with E-state index in [4.69, 9.17) is 5.73 Å². The standard InChI is InChI=1S/C22H24BN3O3/c24-13-15-3-1-4-17(11-15)16-7-9-26(10-8-16)22(27)19-6-2-5-18-12-21(23(28)29)25-14-20(18)19/h1-6,11-12,14,16,28-29H,7-10,13,24H2. The summed E-state index contributed by atoms with van der Waals surface area (Å²) in [5.41, 5.74) is 8.96. The predicted molar refractivity (Wildman–Crippen MR) is 114 cm³/mol. The first kappa shape index (κ1) is 19.6. The van der Waals surface area contributed by atoms with Gasteiger partial charge in [-0.3, -0.25) is 9.78 Å². The normalized spacial score (nSPS) is 14.9. The summed E-state index contributed by atoms with van der Waals surface area (Å²) in [6.07, 6.45) is 3.38. The van der Waals surface area contributed by atoms with Gasteiger partial charge in [0.05, 0.1) is 5.59 Å². The second-order valence-electron chi connectivity index (χ2n) is 7.53. The predicted octanol–water partition coefficient (Wildman–Crippen LogP) is 1.39. The summed E-state index contributed by atoms with van der Waals surface area (Å²) in [6.45, 7) is 1.94. The fraction of sp³-hybridized carbons (Fsp3) is 0.273. The summed E-state index contributed by atoms with van der Waals surface area (Å²) in [5.74, 6) is 0.428. The van der Waals surface area contributed by atoms with Crippen LogP contribution in [0.1, 0.15) is 40.2 Å². The van der Waals surface area contributed by atoms with Crippen LogP contribution in [0.25, 0.3) is 10.8 Å². The van der Waals surface area contributed by atoms with Crippen LogP contribution < -0.4 is 11.3 Å². The molecule has 0 radical (unpaired) electrons. The van der Waals surface area contributed by atoms with Crippen molar-refractivity contribution < 1.29 is 14.8 Å². The number of piperidine rings is 1. The lowest BCUT2D eigenvalue weighted by Gasteiger charge is -2.32. The van der Waals surface area contributed by atoms with Gasteiger partial charge >= 0.3 is 7.12 Å². The average Bonchev–Trinajstić information content (AvgIpc) is 2.78. The molecular formula is C22H24BN3O3. The van der Waals surface area contributed by atoms with Crippen LogP contribution >= 0.6 is 0 Å². The zero-order valence-corrected chi connectivity index (χ0v) is 16.2. The summed E-state index contributed by atoms with van der Waals surface area (Å²) in [6, 6.07) is 15.5. The van der Waals surface area contributed by atoms with Crippen molar-refractivity contribution >= 4 is 29.4 Å². The number of carbonyl (C=O) groups is 1. The van der Waals surface area contributed by atoms with Crippen LogP contribution in [0.15, 0.2) is 54.7 Å². The molecule has 0 aliphatic carbocycles. The Morgan fingerprint density at radius 3 is 2.62 bits per heavy atom. The number of pyridine rings is 1. The zero-order valence-electron chi connectivity index (χ0n) is 16.2. The van der Waals surface area contributed by atoms with E-state index in [1.807, 2.05) is 23.1 Å². The van der Waals surface area contributed by atoms with Gasteiger partial charge in [-0.1, -0.05) is 36.4 Å². The van der Waals surface area contributed by atoms with Crippen molar-refractivity contribution in [1.82, 2.24) is 9.88 Å². The van der Waals surface area contributed by atoms with Gasteiger partial charge < -0.3 is 20.7 Å². The Morgan fingerprint density at radius 1 is 1.14 bits per heavy atom. The van der Waals surface area contributed by atoms with Crippen LogP contribution in [-0.4, -0.2) is 46.0 Å². The summed E-state index contributed by atoms with van der Waals surface area (Å²) in [4.78, 5) is 19.1. The quantitative estimate of drug-likeness (QED) is 0.586. The molecule has 0 spiro atoms. The SMILES string of the molecule is NCc1cccc(C2CCN(C(=O)c3cccc4cc(B(O)O)ncc34)CC2)c1. The molecule has 6 nitrogen and oxygen atoms in total. The van der Waals surface area contributed by atoms with Gasteiger partial charge in [0.15, 0.2) is 0 Å². The van der Waals surface area contributed by atoms with Crippen LogP contribution in [0.4, 0.5) is 0 Å². The van der Waals surface area contributed by atoms with Gasteiger partial charge in [-0.15, -0.1) is 0 Å². The maximum Gasteiger partial charge on any atom is 0.508 e. The molecule has 0 saturated carbocycles. The molecule has 2 heterocycles. The number of nitrogens with two attached hydrogens (primary N) is 1. The number of hydrogen-bond acceptors (Lipinski definition) is 5. The van der Waals surface area contributed by atoms with Gasteiger partial charge in [-0.25, -0.2) is 0 Å². The lowest BCUT2D eigenvalue weighted by atomic mass is 9.84. The molecule has 3 aromatic rings. The molecule has 1 aliphatic rings. The molecule has 1 saturated heterocycles. The minimum absolute atomic E-state index is 0.0103. The first-order valence-corrected chi connectivity index (χ1v) is 9.90. The Bertz CT molecular complexity index is 1030. The highest BCUT2D eigenvalue weighted by Crippen LogP contribution is 2.30. The Hall–Kier alpha value is -2.74. The van der Waals surface area contributed by atoms with Gasteiger partial charge in [0.1, 0.15) is 0 Å². The molecule has 1 aromatic heterocycles. The number of amides is 1. The Labute approximate surface area is 170 Å². The number of rotatable bonds is 4. The maximum atomic E-state index is 13.2. The number of nitrogens with zero attached hydrogens (tertiary/aromatic N) is 2. The van der Waals surface area contributed by atoms with Crippen LogP contribution in [-0.2, 0) is 6.54 Å². The van der Waals surface area contributed by atoms with E-state index in [-0.39, 0.29) is 11.5 Å². The second kappa shape index (κ2) is 8.33. The highest BCUT2D eigenvalue weighted by Gasteiger charge is 2.26. The number of fused-ring (bicyclic) bond motifs is 1. The number of likely N-dealkylation sites (tertiary alicyclic amines) is 1. The van der Waals surface area contributed by atoms with Crippen molar-refractivity contribution in [1.29, 1.82) is 0 Å². The van der Waals surface area contributed by atoms with Crippen molar-refractivity contribution in [3.63, 3.8) is 0 Å². The van der Waals surface area contributed by atoms with E-state index in [1.165, 1.54) is 5.56 Å². The summed E-state index contributed by atoms with van der Waals surface area (Å²) in [7, 11) is -1.63. The van der Waals surface area contributed by atoms with Crippen molar-refractivity contribution in [3.05, 3.63) is 71.4 Å². The molecule has 2 aromatic carbocycles. The molecule has 29 heavy (non-hydrogen) atoms. The van der Waals surface area contributed by atoms with E-state index in [9.17, 15) is 14.8 Å². The van der Waals surface area contributed by atoms with Gasteiger partial charge in [0, 0.05) is 36.8 Å². The number of aromatic nitrogens is 1. The van der Waals surface area contributed by atoms with E-state index in [0.717, 1.165) is 29.2 Å². The Kier molecular flexibility index (Phi) is 5.62. The molecule has 148 valence electrons. The topological polar surface area (TPSA) is 99.7 Å². The molecule has 7 heteroatoms. The molecule has 1 fully saturated rings. The largest absolute Gasteiger partial charge is 0.508 e. The third kappa shape index (κ3) is 4.03. The van der Waals surface area contributed by atoms with E-state index < -0.39 is 7.12 Å². The van der Waals surface area contributed by atoms with Crippen molar-refractivity contribution in [2.75, 3.05) is 13.1 Å². The van der Waals surface area contributed by atoms with E-state index in [1.54, 1.807) is 18.3 Å². The molecule has 1 amide bonds. The van der Waals surface area contributed by atoms with Gasteiger partial charge in [-0.2, -0.15) is 0 Å². The number of carbonyl (C=O) groups excluding carboxylic acids is 1. The van der Waals surface area contributed by atoms with E-state index in [2.05, 4.69) is 23.2 Å². The van der Waals surface area contributed by atoms with E-state index in [0.29, 0.717) is 31.1 Å². The highest BCUT2D eigenvalue weighted by atomic mass is 16.4. The Morgan fingerprint density at radius 2 is 1.90 bits per heavy atom. The lowest BCUT2D eigenvalue weighted by molar-refractivity contribution is 0.0715. The minimum atomic E-state index is -1.63. The Balaban J connectivity index is 1.51. The number of hydrogen-bond donors (Lipinski definition) is 3. The van der Waals surface area contributed by atoms with Crippen molar-refractivity contribution in [2.24, 2.45) is 5.73 Å².